The second kappa shape index (κ2) is 15.4. The zero-order chi connectivity index (χ0) is 26.4. The van der Waals surface area contributed by atoms with E-state index in [2.05, 4.69) is 26.3 Å². The molecule has 0 aliphatic carbocycles. The van der Waals surface area contributed by atoms with Gasteiger partial charge in [-0.15, -0.1) is 0 Å². The van der Waals surface area contributed by atoms with Gasteiger partial charge in [0.1, 0.15) is 18.6 Å². The van der Waals surface area contributed by atoms with Crippen molar-refractivity contribution in [3.63, 3.8) is 0 Å². The van der Waals surface area contributed by atoms with Gasteiger partial charge in [-0.25, -0.2) is 0 Å². The molecule has 14 heteroatoms. The zero-order valence-corrected chi connectivity index (χ0v) is 20.1. The number of carboxylic acid groups (broad SMARTS) is 1. The van der Waals surface area contributed by atoms with E-state index in [1.807, 2.05) is 0 Å². The number of hydrogen-bond donors (Lipinski definition) is 8. The first-order valence-electron chi connectivity index (χ1n) is 10.9. The van der Waals surface area contributed by atoms with E-state index >= 15 is 0 Å². The summed E-state index contributed by atoms with van der Waals surface area (Å²) in [5.41, 5.74) is 16.4. The van der Waals surface area contributed by atoms with E-state index in [9.17, 15) is 24.0 Å². The van der Waals surface area contributed by atoms with Gasteiger partial charge in [-0.1, -0.05) is 27.7 Å². The van der Waals surface area contributed by atoms with Gasteiger partial charge in [-0.2, -0.15) is 0 Å². The van der Waals surface area contributed by atoms with Crippen LogP contribution in [0, 0.1) is 11.8 Å². The van der Waals surface area contributed by atoms with Gasteiger partial charge in [-0.3, -0.25) is 29.0 Å². The predicted molar refractivity (Wildman–Crippen MR) is 125 cm³/mol. The summed E-state index contributed by atoms with van der Waals surface area (Å²) >= 11 is 0. The van der Waals surface area contributed by atoms with Crippen molar-refractivity contribution in [3.8, 4) is 0 Å². The van der Waals surface area contributed by atoms with Crippen LogP contribution < -0.4 is 38.5 Å². The first-order chi connectivity index (χ1) is 15.8. The molecule has 11 N–H and O–H groups in total. The molecular formula is C20H38N8O6. The number of guanidine groups is 1. The number of aliphatic carboxylic acids is 1. The van der Waals surface area contributed by atoms with Gasteiger partial charge in [0, 0.05) is 6.54 Å². The summed E-state index contributed by atoms with van der Waals surface area (Å²) in [4.78, 5) is 63.8. The van der Waals surface area contributed by atoms with Gasteiger partial charge in [-0.05, 0) is 24.7 Å². The van der Waals surface area contributed by atoms with Crippen LogP contribution in [0.25, 0.3) is 0 Å². The van der Waals surface area contributed by atoms with Crippen LogP contribution in [0.15, 0.2) is 4.99 Å². The van der Waals surface area contributed by atoms with Crippen LogP contribution in [-0.2, 0) is 24.0 Å². The van der Waals surface area contributed by atoms with E-state index in [4.69, 9.17) is 22.3 Å². The molecule has 14 nitrogen and oxygen atoms in total. The minimum Gasteiger partial charge on any atom is -0.480 e. The van der Waals surface area contributed by atoms with E-state index in [0.717, 1.165) is 0 Å². The lowest BCUT2D eigenvalue weighted by atomic mass is 9.99. The van der Waals surface area contributed by atoms with Crippen LogP contribution in [0.3, 0.4) is 0 Å². The van der Waals surface area contributed by atoms with E-state index in [-0.39, 0.29) is 17.8 Å². The molecule has 0 fully saturated rings. The van der Waals surface area contributed by atoms with Gasteiger partial charge in [0.15, 0.2) is 5.96 Å². The van der Waals surface area contributed by atoms with Gasteiger partial charge in [0.25, 0.3) is 0 Å². The van der Waals surface area contributed by atoms with Crippen molar-refractivity contribution in [2.45, 2.75) is 58.7 Å². The lowest BCUT2D eigenvalue weighted by Crippen LogP contribution is -2.58. The van der Waals surface area contributed by atoms with E-state index in [1.165, 1.54) is 0 Å². The number of amides is 4. The Kier molecular flexibility index (Phi) is 13.9. The summed E-state index contributed by atoms with van der Waals surface area (Å²) < 4.78 is 0. The van der Waals surface area contributed by atoms with Crippen molar-refractivity contribution < 1.29 is 29.1 Å². The standard InChI is InChI=1S/C20H38N8O6/c1-10(2)15(18(33)26-8-13(29)25-9-14(30)31)28-19(34)16(11(3)4)27-17(32)12(21)6-5-7-24-20(22)23/h10-12,15-16H,5-9,21H2,1-4H3,(H,25,29)(H,26,33)(H,27,32)(H,28,34)(H,30,31)(H4,22,23,24)/t12-,15-,16-/m0/s1. The molecular weight excluding hydrogens is 448 g/mol. The lowest BCUT2D eigenvalue weighted by molar-refractivity contribution is -0.138. The molecule has 0 saturated carbocycles. The highest BCUT2D eigenvalue weighted by atomic mass is 16.4. The van der Waals surface area contributed by atoms with Crippen molar-refractivity contribution in [2.24, 2.45) is 34.0 Å². The molecule has 0 unspecified atom stereocenters. The molecule has 0 spiro atoms. The van der Waals surface area contributed by atoms with Crippen LogP contribution >= 0.6 is 0 Å². The Morgan fingerprint density at radius 3 is 1.85 bits per heavy atom. The van der Waals surface area contributed by atoms with Crippen LogP contribution in [0.5, 0.6) is 0 Å². The second-order valence-corrected chi connectivity index (χ2v) is 8.40. The predicted octanol–water partition coefficient (Wildman–Crippen LogP) is -3.03. The maximum atomic E-state index is 12.9. The number of rotatable bonds is 15. The van der Waals surface area contributed by atoms with Gasteiger partial charge >= 0.3 is 5.97 Å². The molecule has 34 heavy (non-hydrogen) atoms. The Morgan fingerprint density at radius 1 is 0.824 bits per heavy atom. The fourth-order valence-electron chi connectivity index (χ4n) is 2.74. The highest BCUT2D eigenvalue weighted by Crippen LogP contribution is 2.07. The fraction of sp³-hybridized carbons (Fsp3) is 0.700. The van der Waals surface area contributed by atoms with E-state index in [0.29, 0.717) is 19.4 Å². The van der Waals surface area contributed by atoms with Crippen LogP contribution in [0.4, 0.5) is 0 Å². The second-order valence-electron chi connectivity index (χ2n) is 8.40. The molecule has 0 aromatic heterocycles. The molecule has 0 radical (unpaired) electrons. The number of nitrogens with zero attached hydrogens (tertiary/aromatic N) is 1. The first kappa shape index (κ1) is 30.6. The van der Waals surface area contributed by atoms with Crippen molar-refractivity contribution in [1.82, 2.24) is 21.3 Å². The lowest BCUT2D eigenvalue weighted by Gasteiger charge is -2.27. The Bertz CT molecular complexity index is 751. The van der Waals surface area contributed by atoms with Crippen LogP contribution in [0.2, 0.25) is 0 Å². The van der Waals surface area contributed by atoms with Gasteiger partial charge in [0.05, 0.1) is 12.6 Å². The number of nitrogens with one attached hydrogen (secondary N) is 4. The number of carbonyl (C=O) groups excluding carboxylic acids is 4. The highest BCUT2D eigenvalue weighted by Gasteiger charge is 2.31. The minimum atomic E-state index is -1.22. The quantitative estimate of drug-likeness (QED) is 0.0665. The Balaban J connectivity index is 4.99. The average Bonchev–Trinajstić information content (AvgIpc) is 2.74. The molecule has 194 valence electrons. The first-order valence-corrected chi connectivity index (χ1v) is 10.9. The molecule has 3 atom stereocenters. The maximum Gasteiger partial charge on any atom is 0.322 e. The number of carboxylic acids is 1. The summed E-state index contributed by atoms with van der Waals surface area (Å²) in [5, 5.41) is 18.3. The van der Waals surface area contributed by atoms with Crippen molar-refractivity contribution in [2.75, 3.05) is 19.6 Å². The number of carbonyl (C=O) groups is 5. The summed E-state index contributed by atoms with van der Waals surface area (Å²) in [7, 11) is 0. The van der Waals surface area contributed by atoms with Crippen molar-refractivity contribution >= 4 is 35.6 Å². The topological polar surface area (TPSA) is 244 Å². The summed E-state index contributed by atoms with van der Waals surface area (Å²) in [5.74, 6) is -4.35. The molecule has 0 rings (SSSR count). The molecule has 4 amide bonds. The van der Waals surface area contributed by atoms with Crippen LogP contribution in [-0.4, -0.2) is 78.4 Å². The molecule has 0 aromatic carbocycles. The van der Waals surface area contributed by atoms with Crippen molar-refractivity contribution in [1.29, 1.82) is 0 Å². The largest absolute Gasteiger partial charge is 0.480 e. The third-order valence-electron chi connectivity index (χ3n) is 4.66. The molecule has 0 aromatic rings. The van der Waals surface area contributed by atoms with E-state index in [1.54, 1.807) is 27.7 Å². The molecule has 0 bridgehead atoms. The highest BCUT2D eigenvalue weighted by molar-refractivity contribution is 5.94. The maximum absolute atomic E-state index is 12.9. The number of nitrogens with two attached hydrogens (primary N) is 3. The van der Waals surface area contributed by atoms with Crippen molar-refractivity contribution in [3.05, 3.63) is 0 Å². The minimum absolute atomic E-state index is 0.0563. The molecule has 0 aliphatic heterocycles. The Hall–Kier alpha value is -3.42. The third-order valence-corrected chi connectivity index (χ3v) is 4.66. The number of aliphatic imine (C=N–C) groups is 1. The summed E-state index contributed by atoms with van der Waals surface area (Å²) in [6.45, 7) is 6.14. The smallest absolute Gasteiger partial charge is 0.322 e. The number of hydrogen-bond acceptors (Lipinski definition) is 7. The van der Waals surface area contributed by atoms with Crippen LogP contribution in [0.1, 0.15) is 40.5 Å². The van der Waals surface area contributed by atoms with Gasteiger partial charge < -0.3 is 43.6 Å². The van der Waals surface area contributed by atoms with Gasteiger partial charge in [0.2, 0.25) is 23.6 Å². The molecule has 0 saturated heterocycles. The molecule has 0 aliphatic rings. The fourth-order valence-corrected chi connectivity index (χ4v) is 2.74. The molecule has 0 heterocycles. The Labute approximate surface area is 198 Å². The monoisotopic (exact) mass is 486 g/mol. The van der Waals surface area contributed by atoms with E-state index < -0.39 is 60.8 Å². The zero-order valence-electron chi connectivity index (χ0n) is 20.1. The average molecular weight is 487 g/mol. The Morgan fingerprint density at radius 2 is 1.35 bits per heavy atom. The SMILES string of the molecule is CC(C)[C@H](NC(=O)[C@@H](NC(=O)[C@@H](N)CCCN=C(N)N)C(C)C)C(=O)NCC(=O)NCC(=O)O. The summed E-state index contributed by atoms with van der Waals surface area (Å²) in [6.07, 6.45) is 0.774. The summed E-state index contributed by atoms with van der Waals surface area (Å²) in [6, 6.07) is -2.83. The normalized spacial score (nSPS) is 13.4. The third kappa shape index (κ3) is 12.6.